The molecular weight excluding hydrogens is 324 g/mol. The highest BCUT2D eigenvalue weighted by Crippen LogP contribution is 2.30. The summed E-state index contributed by atoms with van der Waals surface area (Å²) in [5, 5.41) is 13.2. The van der Waals surface area contributed by atoms with E-state index in [4.69, 9.17) is 0 Å². The van der Waals surface area contributed by atoms with E-state index >= 15 is 0 Å². The maximum Gasteiger partial charge on any atom is 0.416 e. The molecule has 2 unspecified atom stereocenters. The van der Waals surface area contributed by atoms with Crippen molar-refractivity contribution >= 4 is 0 Å². The Balaban J connectivity index is 2.03. The number of hydrogen-bond donors (Lipinski definition) is 2. The van der Waals surface area contributed by atoms with Crippen LogP contribution in [0.1, 0.15) is 42.3 Å². The van der Waals surface area contributed by atoms with E-state index in [1.165, 1.54) is 24.3 Å². The van der Waals surface area contributed by atoms with Crippen LogP contribution in [0.15, 0.2) is 42.6 Å². The van der Waals surface area contributed by atoms with Crippen LogP contribution in [0.3, 0.4) is 0 Å². The number of alkyl halides is 3. The number of aliphatic hydroxyl groups excluding tert-OH is 1. The Hall–Kier alpha value is -1.99. The van der Waals surface area contributed by atoms with Crippen LogP contribution in [0, 0.1) is 5.82 Å². The predicted molar refractivity (Wildman–Crippen MR) is 81.6 cm³/mol. The zero-order valence-corrected chi connectivity index (χ0v) is 13.0. The molecule has 0 aliphatic heterocycles. The van der Waals surface area contributed by atoms with E-state index in [0.717, 1.165) is 18.3 Å². The van der Waals surface area contributed by atoms with Crippen LogP contribution in [0.4, 0.5) is 17.6 Å². The Morgan fingerprint density at radius 2 is 1.96 bits per heavy atom. The first-order chi connectivity index (χ1) is 11.3. The van der Waals surface area contributed by atoms with Gasteiger partial charge in [0.2, 0.25) is 0 Å². The second-order valence-corrected chi connectivity index (χ2v) is 5.41. The highest BCUT2D eigenvalue weighted by molar-refractivity contribution is 5.27. The first kappa shape index (κ1) is 18.4. The molecule has 1 aromatic heterocycles. The summed E-state index contributed by atoms with van der Waals surface area (Å²) in [7, 11) is 0. The summed E-state index contributed by atoms with van der Waals surface area (Å²) in [6, 6.07) is 7.19. The number of pyridine rings is 1. The predicted octanol–water partition coefficient (Wildman–Crippen LogP) is 4.01. The average molecular weight is 342 g/mol. The molecule has 2 N–H and O–H groups in total. The van der Waals surface area contributed by atoms with Gasteiger partial charge in [-0.05, 0) is 36.2 Å². The molecule has 24 heavy (non-hydrogen) atoms. The SMILES string of the molecule is CCC(NCC(O)c1cccc(C(F)(F)F)c1)c1ccc(F)cn1. The van der Waals surface area contributed by atoms with Gasteiger partial charge in [-0.3, -0.25) is 4.98 Å². The van der Waals surface area contributed by atoms with Crippen molar-refractivity contribution in [2.45, 2.75) is 31.7 Å². The third kappa shape index (κ3) is 4.75. The van der Waals surface area contributed by atoms with Crippen LogP contribution in [-0.4, -0.2) is 16.6 Å². The standard InChI is InChI=1S/C17H18F4N2O/c1-2-14(15-7-6-13(18)9-22-15)23-10-16(24)11-4-3-5-12(8-11)17(19,20)21/h3-9,14,16,23-24H,2,10H2,1H3. The number of hydrogen-bond acceptors (Lipinski definition) is 3. The molecule has 0 amide bonds. The van der Waals surface area contributed by atoms with Crippen molar-refractivity contribution < 1.29 is 22.7 Å². The molecule has 0 aliphatic rings. The monoisotopic (exact) mass is 342 g/mol. The van der Waals surface area contributed by atoms with Crippen molar-refractivity contribution in [1.82, 2.24) is 10.3 Å². The minimum Gasteiger partial charge on any atom is -0.387 e. The van der Waals surface area contributed by atoms with E-state index in [9.17, 15) is 22.7 Å². The van der Waals surface area contributed by atoms with Crippen LogP contribution < -0.4 is 5.32 Å². The van der Waals surface area contributed by atoms with Gasteiger partial charge in [0.25, 0.3) is 0 Å². The van der Waals surface area contributed by atoms with E-state index < -0.39 is 23.7 Å². The molecule has 1 aromatic carbocycles. The largest absolute Gasteiger partial charge is 0.416 e. The number of nitrogens with one attached hydrogen (secondary N) is 1. The molecule has 0 radical (unpaired) electrons. The van der Waals surface area contributed by atoms with Crippen LogP contribution in [0.2, 0.25) is 0 Å². The summed E-state index contributed by atoms with van der Waals surface area (Å²) >= 11 is 0. The van der Waals surface area contributed by atoms with Gasteiger partial charge in [0.1, 0.15) is 5.82 Å². The Kier molecular flexibility index (Phi) is 5.90. The van der Waals surface area contributed by atoms with Crippen molar-refractivity contribution in [3.05, 3.63) is 65.2 Å². The van der Waals surface area contributed by atoms with Gasteiger partial charge < -0.3 is 10.4 Å². The fourth-order valence-electron chi connectivity index (χ4n) is 2.35. The lowest BCUT2D eigenvalue weighted by atomic mass is 10.0. The number of rotatable bonds is 6. The van der Waals surface area contributed by atoms with Gasteiger partial charge in [-0.1, -0.05) is 19.1 Å². The van der Waals surface area contributed by atoms with Crippen molar-refractivity contribution in [2.24, 2.45) is 0 Å². The molecule has 0 saturated carbocycles. The van der Waals surface area contributed by atoms with Gasteiger partial charge >= 0.3 is 6.18 Å². The number of aromatic nitrogens is 1. The van der Waals surface area contributed by atoms with Gasteiger partial charge in [-0.25, -0.2) is 4.39 Å². The molecule has 0 fully saturated rings. The van der Waals surface area contributed by atoms with E-state index in [0.29, 0.717) is 12.1 Å². The van der Waals surface area contributed by atoms with Gasteiger partial charge in [0, 0.05) is 12.6 Å². The zero-order valence-electron chi connectivity index (χ0n) is 13.0. The van der Waals surface area contributed by atoms with Crippen molar-refractivity contribution in [3.63, 3.8) is 0 Å². The van der Waals surface area contributed by atoms with E-state index in [-0.39, 0.29) is 18.2 Å². The van der Waals surface area contributed by atoms with E-state index in [1.54, 1.807) is 0 Å². The van der Waals surface area contributed by atoms with Crippen LogP contribution >= 0.6 is 0 Å². The number of nitrogens with zero attached hydrogens (tertiary/aromatic N) is 1. The Morgan fingerprint density at radius 3 is 2.54 bits per heavy atom. The lowest BCUT2D eigenvalue weighted by molar-refractivity contribution is -0.137. The second-order valence-electron chi connectivity index (χ2n) is 5.41. The van der Waals surface area contributed by atoms with Crippen LogP contribution in [-0.2, 0) is 6.18 Å². The summed E-state index contributed by atoms with van der Waals surface area (Å²) < 4.78 is 51.1. The lowest BCUT2D eigenvalue weighted by Gasteiger charge is -2.20. The summed E-state index contributed by atoms with van der Waals surface area (Å²) in [5.74, 6) is -0.447. The van der Waals surface area contributed by atoms with Gasteiger partial charge in [-0.2, -0.15) is 13.2 Å². The molecule has 0 bridgehead atoms. The third-order valence-corrected chi connectivity index (χ3v) is 3.67. The van der Waals surface area contributed by atoms with Crippen LogP contribution in [0.5, 0.6) is 0 Å². The Labute approximate surface area is 137 Å². The molecule has 0 saturated heterocycles. The van der Waals surface area contributed by atoms with Gasteiger partial charge in [-0.15, -0.1) is 0 Å². The molecule has 2 rings (SSSR count). The Bertz CT molecular complexity index is 658. The first-order valence-electron chi connectivity index (χ1n) is 7.51. The molecule has 7 heteroatoms. The zero-order chi connectivity index (χ0) is 17.7. The molecule has 0 aliphatic carbocycles. The second kappa shape index (κ2) is 7.72. The topological polar surface area (TPSA) is 45.1 Å². The maximum absolute atomic E-state index is 12.9. The fraction of sp³-hybridized carbons (Fsp3) is 0.353. The molecule has 1 heterocycles. The summed E-state index contributed by atoms with van der Waals surface area (Å²) in [4.78, 5) is 3.98. The van der Waals surface area contributed by atoms with E-state index in [1.807, 2.05) is 6.92 Å². The minimum absolute atomic E-state index is 0.0544. The summed E-state index contributed by atoms with van der Waals surface area (Å²) in [6.45, 7) is 1.94. The number of benzene rings is 1. The summed E-state index contributed by atoms with van der Waals surface area (Å²) in [6.07, 6.45) is -3.81. The smallest absolute Gasteiger partial charge is 0.387 e. The normalized spacial score (nSPS) is 14.4. The molecule has 0 spiro atoms. The average Bonchev–Trinajstić information content (AvgIpc) is 2.56. The quantitative estimate of drug-likeness (QED) is 0.780. The number of halogens is 4. The van der Waals surface area contributed by atoms with Crippen molar-refractivity contribution in [1.29, 1.82) is 0 Å². The van der Waals surface area contributed by atoms with Crippen molar-refractivity contribution in [3.8, 4) is 0 Å². The van der Waals surface area contributed by atoms with Gasteiger partial charge in [0.15, 0.2) is 0 Å². The lowest BCUT2D eigenvalue weighted by Crippen LogP contribution is -2.27. The highest BCUT2D eigenvalue weighted by atomic mass is 19.4. The highest BCUT2D eigenvalue weighted by Gasteiger charge is 2.30. The summed E-state index contributed by atoms with van der Waals surface area (Å²) in [5.41, 5.74) is -0.0133. The molecule has 2 atom stereocenters. The fourth-order valence-corrected chi connectivity index (χ4v) is 2.35. The number of aliphatic hydroxyl groups is 1. The van der Waals surface area contributed by atoms with Gasteiger partial charge in [0.05, 0.1) is 23.6 Å². The third-order valence-electron chi connectivity index (χ3n) is 3.67. The minimum atomic E-state index is -4.45. The maximum atomic E-state index is 12.9. The Morgan fingerprint density at radius 1 is 1.21 bits per heavy atom. The first-order valence-corrected chi connectivity index (χ1v) is 7.51. The molecule has 130 valence electrons. The molecular formula is C17H18F4N2O. The molecule has 2 aromatic rings. The van der Waals surface area contributed by atoms with E-state index in [2.05, 4.69) is 10.3 Å². The molecule has 3 nitrogen and oxygen atoms in total. The van der Waals surface area contributed by atoms with Crippen LogP contribution in [0.25, 0.3) is 0 Å². The van der Waals surface area contributed by atoms with Crippen molar-refractivity contribution in [2.75, 3.05) is 6.54 Å².